The van der Waals surface area contributed by atoms with Crippen molar-refractivity contribution in [1.82, 2.24) is 4.90 Å². The maximum atomic E-state index is 13.8. The molecule has 0 unspecified atom stereocenters. The van der Waals surface area contributed by atoms with Crippen LogP contribution in [0.25, 0.3) is 0 Å². The Morgan fingerprint density at radius 2 is 1.73 bits per heavy atom. The van der Waals surface area contributed by atoms with Gasteiger partial charge >= 0.3 is 0 Å². The van der Waals surface area contributed by atoms with Crippen LogP contribution in [0.4, 0.5) is 10.1 Å². The molecule has 0 heterocycles. The molecule has 2 aromatic rings. The summed E-state index contributed by atoms with van der Waals surface area (Å²) in [5.74, 6) is -1.32. The van der Waals surface area contributed by atoms with E-state index in [2.05, 4.69) is 5.32 Å². The van der Waals surface area contributed by atoms with Crippen molar-refractivity contribution in [3.05, 3.63) is 58.4 Å². The van der Waals surface area contributed by atoms with Gasteiger partial charge in [0.2, 0.25) is 5.91 Å². The van der Waals surface area contributed by atoms with E-state index < -0.39 is 11.7 Å². The molecule has 0 aliphatic rings. The van der Waals surface area contributed by atoms with Crippen LogP contribution in [0.3, 0.4) is 0 Å². The number of methoxy groups -OCH3 is 1. The van der Waals surface area contributed by atoms with Gasteiger partial charge in [-0.25, -0.2) is 4.39 Å². The zero-order valence-electron chi connectivity index (χ0n) is 15.6. The van der Waals surface area contributed by atoms with E-state index in [1.54, 1.807) is 0 Å². The van der Waals surface area contributed by atoms with Crippen molar-refractivity contribution in [1.29, 1.82) is 0 Å². The first-order chi connectivity index (χ1) is 12.2. The molecule has 0 bridgehead atoms. The summed E-state index contributed by atoms with van der Waals surface area (Å²) in [6.45, 7) is 5.69. The lowest BCUT2D eigenvalue weighted by Gasteiger charge is -2.19. The van der Waals surface area contributed by atoms with Crippen LogP contribution in [0.15, 0.2) is 30.3 Å². The number of likely N-dealkylation sites (N-methyl/N-ethyl adjacent to an activating group) is 1. The Balaban J connectivity index is 2.07. The van der Waals surface area contributed by atoms with Gasteiger partial charge < -0.3 is 15.0 Å². The fraction of sp³-hybridized carbons (Fsp3) is 0.300. The molecule has 0 atom stereocenters. The van der Waals surface area contributed by atoms with Crippen molar-refractivity contribution in [2.75, 3.05) is 26.0 Å². The van der Waals surface area contributed by atoms with Gasteiger partial charge in [-0.05, 0) is 50.1 Å². The van der Waals surface area contributed by atoms with E-state index in [1.807, 2.05) is 32.9 Å². The second-order valence-electron chi connectivity index (χ2n) is 6.33. The summed E-state index contributed by atoms with van der Waals surface area (Å²) in [6, 6.07) is 7.92. The molecule has 0 fully saturated rings. The second-order valence-corrected chi connectivity index (χ2v) is 6.33. The number of aryl methyl sites for hydroxylation is 3. The van der Waals surface area contributed by atoms with E-state index in [0.29, 0.717) is 0 Å². The van der Waals surface area contributed by atoms with Gasteiger partial charge in [-0.1, -0.05) is 17.7 Å². The van der Waals surface area contributed by atoms with Crippen molar-refractivity contribution in [2.45, 2.75) is 20.8 Å². The number of benzene rings is 2. The van der Waals surface area contributed by atoms with Gasteiger partial charge in [0.1, 0.15) is 0 Å². The van der Waals surface area contributed by atoms with Gasteiger partial charge in [0.25, 0.3) is 5.91 Å². The Bertz CT molecular complexity index is 826. The van der Waals surface area contributed by atoms with Crippen molar-refractivity contribution in [3.8, 4) is 5.75 Å². The minimum absolute atomic E-state index is 0.0623. The normalized spacial score (nSPS) is 10.4. The quantitative estimate of drug-likeness (QED) is 0.890. The summed E-state index contributed by atoms with van der Waals surface area (Å²) in [5, 5.41) is 2.85. The number of hydrogen-bond acceptors (Lipinski definition) is 3. The summed E-state index contributed by atoms with van der Waals surface area (Å²) < 4.78 is 18.6. The molecule has 5 nitrogen and oxygen atoms in total. The smallest absolute Gasteiger partial charge is 0.254 e. The van der Waals surface area contributed by atoms with Crippen LogP contribution >= 0.6 is 0 Å². The number of halogens is 1. The zero-order chi connectivity index (χ0) is 19.4. The van der Waals surface area contributed by atoms with E-state index in [1.165, 1.54) is 31.2 Å². The van der Waals surface area contributed by atoms with Crippen molar-refractivity contribution >= 4 is 17.5 Å². The number of amides is 2. The fourth-order valence-electron chi connectivity index (χ4n) is 2.86. The van der Waals surface area contributed by atoms with E-state index in [9.17, 15) is 14.0 Å². The van der Waals surface area contributed by atoms with Gasteiger partial charge in [-0.2, -0.15) is 0 Å². The predicted octanol–water partition coefficient (Wildman–Crippen LogP) is 3.47. The summed E-state index contributed by atoms with van der Waals surface area (Å²) in [4.78, 5) is 26.0. The van der Waals surface area contributed by atoms with Gasteiger partial charge in [0, 0.05) is 18.3 Å². The maximum Gasteiger partial charge on any atom is 0.254 e. The van der Waals surface area contributed by atoms with Crippen LogP contribution in [0.2, 0.25) is 0 Å². The Kier molecular flexibility index (Phi) is 5.97. The fourth-order valence-corrected chi connectivity index (χ4v) is 2.86. The van der Waals surface area contributed by atoms with Crippen LogP contribution in [0.1, 0.15) is 27.0 Å². The highest BCUT2D eigenvalue weighted by molar-refractivity contribution is 5.99. The standard InChI is InChI=1S/C20H23FN2O3/c1-12-8-13(2)19(14(3)9-12)22-18(24)11-23(4)20(25)15-6-7-17(26-5)16(21)10-15/h6-10H,11H2,1-5H3,(H,22,24). The molecule has 26 heavy (non-hydrogen) atoms. The molecule has 0 aromatic heterocycles. The molecule has 2 rings (SSSR count). The van der Waals surface area contributed by atoms with Crippen molar-refractivity contribution in [3.63, 3.8) is 0 Å². The molecule has 1 N–H and O–H groups in total. The third-order valence-corrected chi connectivity index (χ3v) is 4.07. The highest BCUT2D eigenvalue weighted by atomic mass is 19.1. The first-order valence-electron chi connectivity index (χ1n) is 8.19. The van der Waals surface area contributed by atoms with Gasteiger partial charge in [-0.15, -0.1) is 0 Å². The van der Waals surface area contributed by atoms with E-state index in [0.717, 1.165) is 28.4 Å². The van der Waals surface area contributed by atoms with Crippen LogP contribution in [0, 0.1) is 26.6 Å². The highest BCUT2D eigenvalue weighted by Crippen LogP contribution is 2.22. The molecule has 0 aliphatic heterocycles. The van der Waals surface area contributed by atoms with E-state index in [4.69, 9.17) is 4.74 Å². The second kappa shape index (κ2) is 7.99. The van der Waals surface area contributed by atoms with Gasteiger partial charge in [-0.3, -0.25) is 9.59 Å². The number of hydrogen-bond donors (Lipinski definition) is 1. The van der Waals surface area contributed by atoms with Crippen LogP contribution in [-0.4, -0.2) is 37.4 Å². The SMILES string of the molecule is COc1ccc(C(=O)N(C)CC(=O)Nc2c(C)cc(C)cc2C)cc1F. The summed E-state index contributed by atoms with van der Waals surface area (Å²) in [7, 11) is 2.85. The lowest BCUT2D eigenvalue weighted by Crippen LogP contribution is -2.35. The van der Waals surface area contributed by atoms with Crippen LogP contribution in [0.5, 0.6) is 5.75 Å². The topological polar surface area (TPSA) is 58.6 Å². The third kappa shape index (κ3) is 4.39. The van der Waals surface area contributed by atoms with Gasteiger partial charge in [0.05, 0.1) is 13.7 Å². The summed E-state index contributed by atoms with van der Waals surface area (Å²) in [6.07, 6.45) is 0. The lowest BCUT2D eigenvalue weighted by molar-refractivity contribution is -0.116. The largest absolute Gasteiger partial charge is 0.494 e. The monoisotopic (exact) mass is 358 g/mol. The number of rotatable bonds is 5. The predicted molar refractivity (Wildman–Crippen MR) is 99.2 cm³/mol. The van der Waals surface area contributed by atoms with E-state index >= 15 is 0 Å². The van der Waals surface area contributed by atoms with Crippen molar-refractivity contribution in [2.24, 2.45) is 0 Å². The number of carbonyl (C=O) groups is 2. The Morgan fingerprint density at radius 3 is 2.27 bits per heavy atom. The lowest BCUT2D eigenvalue weighted by atomic mass is 10.1. The zero-order valence-corrected chi connectivity index (χ0v) is 15.6. The minimum atomic E-state index is -0.623. The molecular weight excluding hydrogens is 335 g/mol. The Morgan fingerprint density at radius 1 is 1.12 bits per heavy atom. The van der Waals surface area contributed by atoms with Crippen molar-refractivity contribution < 1.29 is 18.7 Å². The molecule has 0 spiro atoms. The highest BCUT2D eigenvalue weighted by Gasteiger charge is 2.18. The molecule has 2 aromatic carbocycles. The molecule has 2 amide bonds. The minimum Gasteiger partial charge on any atom is -0.494 e. The average molecular weight is 358 g/mol. The molecule has 0 radical (unpaired) electrons. The van der Waals surface area contributed by atoms with Crippen LogP contribution < -0.4 is 10.1 Å². The van der Waals surface area contributed by atoms with E-state index in [-0.39, 0.29) is 23.8 Å². The molecule has 6 heteroatoms. The Hall–Kier alpha value is -2.89. The first-order valence-corrected chi connectivity index (χ1v) is 8.19. The number of nitrogens with one attached hydrogen (secondary N) is 1. The summed E-state index contributed by atoms with van der Waals surface area (Å²) in [5.41, 5.74) is 3.94. The number of anilines is 1. The maximum absolute atomic E-state index is 13.8. The Labute approximate surface area is 152 Å². The van der Waals surface area contributed by atoms with Crippen LogP contribution in [-0.2, 0) is 4.79 Å². The number of carbonyl (C=O) groups excluding carboxylic acids is 2. The molecule has 0 aliphatic carbocycles. The molecular formula is C20H23FN2O3. The van der Waals surface area contributed by atoms with Gasteiger partial charge in [0.15, 0.2) is 11.6 Å². The number of ether oxygens (including phenoxy) is 1. The third-order valence-electron chi connectivity index (χ3n) is 4.07. The first kappa shape index (κ1) is 19.4. The molecule has 0 saturated heterocycles. The molecule has 0 saturated carbocycles. The average Bonchev–Trinajstić information content (AvgIpc) is 2.57. The summed E-state index contributed by atoms with van der Waals surface area (Å²) >= 11 is 0. The molecule has 138 valence electrons. The number of nitrogens with zero attached hydrogens (tertiary/aromatic N) is 1.